The molecule has 2 nitrogen and oxygen atoms in total. The number of aryl methyl sites for hydroxylation is 1. The zero-order valence-corrected chi connectivity index (χ0v) is 11.3. The van der Waals surface area contributed by atoms with Crippen LogP contribution in [0.2, 0.25) is 0 Å². The molecular weight excluding hydrogens is 301 g/mol. The summed E-state index contributed by atoms with van der Waals surface area (Å²) in [7, 11) is 0. The number of hydrogen-bond acceptors (Lipinski definition) is 1. The maximum atomic E-state index is 11.5. The average molecular weight is 317 g/mol. The highest BCUT2D eigenvalue weighted by atomic mass is 127. The lowest BCUT2D eigenvalue weighted by molar-refractivity contribution is -0.116. The molecule has 1 amide bonds. The summed E-state index contributed by atoms with van der Waals surface area (Å²) in [4.78, 5) is 11.5. The van der Waals surface area contributed by atoms with Crippen LogP contribution in [0.3, 0.4) is 0 Å². The van der Waals surface area contributed by atoms with Crippen molar-refractivity contribution in [2.75, 3.05) is 5.32 Å². The minimum absolute atomic E-state index is 0.110. The van der Waals surface area contributed by atoms with E-state index in [4.69, 9.17) is 0 Å². The summed E-state index contributed by atoms with van der Waals surface area (Å²) < 4.78 is 1.09. The Bertz CT molecular complexity index is 349. The number of anilines is 1. The van der Waals surface area contributed by atoms with Crippen molar-refractivity contribution in [3.05, 3.63) is 27.3 Å². The molecule has 0 aromatic heterocycles. The second-order valence-electron chi connectivity index (χ2n) is 3.64. The Morgan fingerprint density at radius 3 is 2.80 bits per heavy atom. The summed E-state index contributed by atoms with van der Waals surface area (Å²) >= 11 is 2.24. The quantitative estimate of drug-likeness (QED) is 0.843. The standard InChI is InChI=1S/C12H16INO/c1-3-4-5-12(15)14-11-7-6-9(2)8-10(11)13/h6-8H,3-5H2,1-2H3,(H,14,15). The predicted octanol–water partition coefficient (Wildman–Crippen LogP) is 3.73. The second-order valence-corrected chi connectivity index (χ2v) is 4.80. The van der Waals surface area contributed by atoms with Crippen LogP contribution in [0.25, 0.3) is 0 Å². The number of benzene rings is 1. The third kappa shape index (κ3) is 4.20. The van der Waals surface area contributed by atoms with Gasteiger partial charge in [-0.1, -0.05) is 19.4 Å². The Morgan fingerprint density at radius 1 is 1.47 bits per heavy atom. The topological polar surface area (TPSA) is 29.1 Å². The number of hydrogen-bond donors (Lipinski definition) is 1. The first-order valence-corrected chi connectivity index (χ1v) is 6.27. The predicted molar refractivity (Wildman–Crippen MR) is 72.1 cm³/mol. The van der Waals surface area contributed by atoms with Crippen molar-refractivity contribution in [3.63, 3.8) is 0 Å². The lowest BCUT2D eigenvalue weighted by atomic mass is 10.2. The van der Waals surface area contributed by atoms with Crippen LogP contribution >= 0.6 is 22.6 Å². The highest BCUT2D eigenvalue weighted by molar-refractivity contribution is 14.1. The maximum absolute atomic E-state index is 11.5. The van der Waals surface area contributed by atoms with E-state index >= 15 is 0 Å². The molecule has 0 spiro atoms. The second kappa shape index (κ2) is 6.10. The molecule has 15 heavy (non-hydrogen) atoms. The van der Waals surface area contributed by atoms with Gasteiger partial charge in [0.15, 0.2) is 0 Å². The van der Waals surface area contributed by atoms with Crippen LogP contribution in [0, 0.1) is 10.5 Å². The van der Waals surface area contributed by atoms with E-state index in [9.17, 15) is 4.79 Å². The number of carbonyl (C=O) groups is 1. The van der Waals surface area contributed by atoms with E-state index < -0.39 is 0 Å². The molecule has 0 saturated heterocycles. The largest absolute Gasteiger partial charge is 0.325 e. The number of halogens is 1. The third-order valence-corrected chi connectivity index (χ3v) is 3.05. The normalized spacial score (nSPS) is 10.1. The number of unbranched alkanes of at least 4 members (excludes halogenated alkanes) is 1. The molecule has 0 bridgehead atoms. The first-order chi connectivity index (χ1) is 7.13. The Morgan fingerprint density at radius 2 is 2.20 bits per heavy atom. The molecule has 1 aromatic rings. The Kier molecular flexibility index (Phi) is 5.08. The molecule has 0 fully saturated rings. The molecule has 3 heteroatoms. The number of carbonyl (C=O) groups excluding carboxylic acids is 1. The van der Waals surface area contributed by atoms with Gasteiger partial charge in [-0.25, -0.2) is 0 Å². The number of amides is 1. The van der Waals surface area contributed by atoms with Crippen LogP contribution in [0.15, 0.2) is 18.2 Å². The van der Waals surface area contributed by atoms with Crippen molar-refractivity contribution in [2.24, 2.45) is 0 Å². The fraction of sp³-hybridized carbons (Fsp3) is 0.417. The van der Waals surface area contributed by atoms with Crippen molar-refractivity contribution < 1.29 is 4.79 Å². The SMILES string of the molecule is CCCCC(=O)Nc1ccc(C)cc1I. The molecule has 0 aliphatic carbocycles. The van der Waals surface area contributed by atoms with E-state index in [1.165, 1.54) is 5.56 Å². The summed E-state index contributed by atoms with van der Waals surface area (Å²) in [5.74, 6) is 0.110. The van der Waals surface area contributed by atoms with Crippen LogP contribution in [0.1, 0.15) is 31.7 Å². The van der Waals surface area contributed by atoms with Crippen LogP contribution in [-0.2, 0) is 4.79 Å². The van der Waals surface area contributed by atoms with Crippen LogP contribution in [0.4, 0.5) is 5.69 Å². The van der Waals surface area contributed by atoms with Gasteiger partial charge in [-0.2, -0.15) is 0 Å². The smallest absolute Gasteiger partial charge is 0.224 e. The van der Waals surface area contributed by atoms with E-state index in [1.54, 1.807) is 0 Å². The Hall–Kier alpha value is -0.580. The molecule has 1 rings (SSSR count). The molecule has 0 unspecified atom stereocenters. The highest BCUT2D eigenvalue weighted by Gasteiger charge is 2.04. The van der Waals surface area contributed by atoms with E-state index in [-0.39, 0.29) is 5.91 Å². The van der Waals surface area contributed by atoms with Crippen molar-refractivity contribution in [1.82, 2.24) is 0 Å². The molecule has 0 radical (unpaired) electrons. The fourth-order valence-electron chi connectivity index (χ4n) is 1.27. The number of rotatable bonds is 4. The molecule has 1 aromatic carbocycles. The Labute approximate surface area is 105 Å². The zero-order valence-electron chi connectivity index (χ0n) is 9.14. The van der Waals surface area contributed by atoms with Crippen molar-refractivity contribution in [2.45, 2.75) is 33.1 Å². The summed E-state index contributed by atoms with van der Waals surface area (Å²) in [5.41, 5.74) is 2.13. The first-order valence-electron chi connectivity index (χ1n) is 5.19. The van der Waals surface area contributed by atoms with Gasteiger partial charge in [0.1, 0.15) is 0 Å². The molecule has 1 N–H and O–H groups in total. The summed E-state index contributed by atoms with van der Waals surface area (Å²) in [6, 6.07) is 6.04. The monoisotopic (exact) mass is 317 g/mol. The van der Waals surface area contributed by atoms with E-state index in [0.29, 0.717) is 6.42 Å². The van der Waals surface area contributed by atoms with E-state index in [0.717, 1.165) is 22.1 Å². The summed E-state index contributed by atoms with van der Waals surface area (Å²) in [6.45, 7) is 4.13. The van der Waals surface area contributed by atoms with Gasteiger partial charge >= 0.3 is 0 Å². The average Bonchev–Trinajstić information content (AvgIpc) is 2.19. The fourth-order valence-corrected chi connectivity index (χ4v) is 2.08. The maximum Gasteiger partial charge on any atom is 0.224 e. The third-order valence-electron chi connectivity index (χ3n) is 2.16. The molecule has 0 aliphatic rings. The minimum atomic E-state index is 0.110. The van der Waals surface area contributed by atoms with Gasteiger partial charge in [-0.3, -0.25) is 4.79 Å². The molecule has 82 valence electrons. The van der Waals surface area contributed by atoms with Gasteiger partial charge in [0, 0.05) is 9.99 Å². The molecule has 0 atom stereocenters. The van der Waals surface area contributed by atoms with Crippen LogP contribution < -0.4 is 5.32 Å². The van der Waals surface area contributed by atoms with Crippen molar-refractivity contribution >= 4 is 34.2 Å². The van der Waals surface area contributed by atoms with Gasteiger partial charge in [-0.15, -0.1) is 0 Å². The number of nitrogens with one attached hydrogen (secondary N) is 1. The first kappa shape index (κ1) is 12.5. The summed E-state index contributed by atoms with van der Waals surface area (Å²) in [5, 5.41) is 2.93. The van der Waals surface area contributed by atoms with Gasteiger partial charge in [0.05, 0.1) is 5.69 Å². The lowest BCUT2D eigenvalue weighted by Crippen LogP contribution is -2.11. The molecule has 0 aliphatic heterocycles. The minimum Gasteiger partial charge on any atom is -0.325 e. The lowest BCUT2D eigenvalue weighted by Gasteiger charge is -2.07. The molecular formula is C12H16INO. The van der Waals surface area contributed by atoms with Gasteiger partial charge < -0.3 is 5.32 Å². The van der Waals surface area contributed by atoms with E-state index in [1.807, 2.05) is 19.1 Å². The zero-order chi connectivity index (χ0) is 11.3. The van der Waals surface area contributed by atoms with E-state index in [2.05, 4.69) is 40.9 Å². The van der Waals surface area contributed by atoms with Gasteiger partial charge in [-0.05, 0) is 53.6 Å². The Balaban J connectivity index is 2.60. The van der Waals surface area contributed by atoms with Gasteiger partial charge in [0.2, 0.25) is 5.91 Å². The van der Waals surface area contributed by atoms with Crippen molar-refractivity contribution in [3.8, 4) is 0 Å². The van der Waals surface area contributed by atoms with Crippen LogP contribution in [-0.4, -0.2) is 5.91 Å². The van der Waals surface area contributed by atoms with Crippen molar-refractivity contribution in [1.29, 1.82) is 0 Å². The highest BCUT2D eigenvalue weighted by Crippen LogP contribution is 2.19. The molecule has 0 saturated carbocycles. The van der Waals surface area contributed by atoms with Gasteiger partial charge in [0.25, 0.3) is 0 Å². The van der Waals surface area contributed by atoms with Crippen LogP contribution in [0.5, 0.6) is 0 Å². The summed E-state index contributed by atoms with van der Waals surface area (Å²) in [6.07, 6.45) is 2.62. The molecule has 0 heterocycles.